The fraction of sp³-hybridized carbons (Fsp3) is 0.222. The molecule has 2 nitrogen and oxygen atoms in total. The molecule has 0 bridgehead atoms. The standard InChI is InChI=1S/C9H7Cl2NO/c1-9(11,12-6-13)7-4-2-3-5-8(7)10/h2-5H,1H3. The summed E-state index contributed by atoms with van der Waals surface area (Å²) in [5.41, 5.74) is 0.599. The van der Waals surface area contributed by atoms with Gasteiger partial charge < -0.3 is 0 Å². The number of benzene rings is 1. The zero-order valence-electron chi connectivity index (χ0n) is 6.92. The minimum atomic E-state index is -1.12. The van der Waals surface area contributed by atoms with Crippen molar-refractivity contribution in [3.8, 4) is 0 Å². The monoisotopic (exact) mass is 215 g/mol. The third kappa shape index (κ3) is 2.31. The minimum absolute atomic E-state index is 0.485. The van der Waals surface area contributed by atoms with Gasteiger partial charge in [0.1, 0.15) is 0 Å². The Morgan fingerprint density at radius 2 is 2.08 bits per heavy atom. The number of halogens is 2. The molecule has 0 spiro atoms. The number of alkyl halides is 1. The third-order valence-electron chi connectivity index (χ3n) is 1.62. The topological polar surface area (TPSA) is 29.4 Å². The van der Waals surface area contributed by atoms with E-state index in [2.05, 4.69) is 4.99 Å². The molecule has 1 atom stereocenters. The Hall–Kier alpha value is -0.820. The molecule has 0 heterocycles. The Kier molecular flexibility index (Phi) is 3.10. The molecule has 0 radical (unpaired) electrons. The van der Waals surface area contributed by atoms with Gasteiger partial charge in [-0.2, -0.15) is 4.99 Å². The smallest absolute Gasteiger partial charge is 0.211 e. The number of rotatable bonds is 2. The number of aliphatic imine (C=N–C) groups is 1. The van der Waals surface area contributed by atoms with Crippen molar-refractivity contribution < 1.29 is 4.79 Å². The lowest BCUT2D eigenvalue weighted by molar-refractivity contribution is 0.555. The van der Waals surface area contributed by atoms with Crippen molar-refractivity contribution in [3.63, 3.8) is 0 Å². The number of nitrogens with zero attached hydrogens (tertiary/aromatic N) is 1. The highest BCUT2D eigenvalue weighted by Crippen LogP contribution is 2.34. The van der Waals surface area contributed by atoms with Gasteiger partial charge in [0.25, 0.3) is 0 Å². The van der Waals surface area contributed by atoms with Gasteiger partial charge in [-0.15, -0.1) is 0 Å². The van der Waals surface area contributed by atoms with Crippen molar-refractivity contribution in [2.24, 2.45) is 4.99 Å². The molecule has 1 unspecified atom stereocenters. The van der Waals surface area contributed by atoms with Crippen LogP contribution in [0.25, 0.3) is 0 Å². The highest BCUT2D eigenvalue weighted by Gasteiger charge is 2.24. The largest absolute Gasteiger partial charge is 0.237 e. The van der Waals surface area contributed by atoms with Crippen LogP contribution >= 0.6 is 23.2 Å². The summed E-state index contributed by atoms with van der Waals surface area (Å²) in [7, 11) is 0. The highest BCUT2D eigenvalue weighted by atomic mass is 35.5. The Labute approximate surface area is 86.2 Å². The van der Waals surface area contributed by atoms with E-state index in [4.69, 9.17) is 23.2 Å². The summed E-state index contributed by atoms with van der Waals surface area (Å²) in [5.74, 6) is 0. The Morgan fingerprint density at radius 3 is 2.62 bits per heavy atom. The van der Waals surface area contributed by atoms with Crippen molar-refractivity contribution in [2.45, 2.75) is 11.9 Å². The molecule has 0 aliphatic rings. The van der Waals surface area contributed by atoms with Crippen LogP contribution in [0.1, 0.15) is 12.5 Å². The van der Waals surface area contributed by atoms with Gasteiger partial charge in [-0.05, 0) is 13.0 Å². The molecule has 0 aliphatic heterocycles. The average Bonchev–Trinajstić information content (AvgIpc) is 2.04. The van der Waals surface area contributed by atoms with E-state index in [1.807, 2.05) is 0 Å². The zero-order chi connectivity index (χ0) is 9.90. The first-order valence-electron chi connectivity index (χ1n) is 3.61. The molecule has 0 saturated carbocycles. The maximum absolute atomic E-state index is 10.1. The van der Waals surface area contributed by atoms with Crippen LogP contribution in [-0.2, 0) is 9.79 Å². The first-order valence-corrected chi connectivity index (χ1v) is 4.36. The molecule has 0 amide bonds. The SMILES string of the molecule is CC(Cl)(N=C=O)c1ccccc1Cl. The van der Waals surface area contributed by atoms with Crippen LogP contribution in [0.2, 0.25) is 5.02 Å². The van der Waals surface area contributed by atoms with Crippen LogP contribution in [0.4, 0.5) is 0 Å². The number of hydrogen-bond acceptors (Lipinski definition) is 2. The van der Waals surface area contributed by atoms with Gasteiger partial charge in [0, 0.05) is 10.6 Å². The predicted molar refractivity (Wildman–Crippen MR) is 52.8 cm³/mol. The third-order valence-corrected chi connectivity index (χ3v) is 2.24. The van der Waals surface area contributed by atoms with E-state index in [9.17, 15) is 4.79 Å². The van der Waals surface area contributed by atoms with Gasteiger partial charge in [0.05, 0.1) is 0 Å². The Balaban J connectivity index is 3.21. The lowest BCUT2D eigenvalue weighted by Gasteiger charge is -2.16. The summed E-state index contributed by atoms with van der Waals surface area (Å²) < 4.78 is 0. The number of isocyanates is 1. The van der Waals surface area contributed by atoms with E-state index >= 15 is 0 Å². The normalized spacial score (nSPS) is 14.4. The molecule has 0 fully saturated rings. The van der Waals surface area contributed by atoms with Gasteiger partial charge in [-0.1, -0.05) is 41.4 Å². The van der Waals surface area contributed by atoms with Crippen LogP contribution in [-0.4, -0.2) is 6.08 Å². The van der Waals surface area contributed by atoms with E-state index in [0.717, 1.165) is 0 Å². The molecule has 0 aliphatic carbocycles. The summed E-state index contributed by atoms with van der Waals surface area (Å²) >= 11 is 11.8. The fourth-order valence-corrected chi connectivity index (χ4v) is 1.54. The van der Waals surface area contributed by atoms with Crippen molar-refractivity contribution >= 4 is 29.3 Å². The zero-order valence-corrected chi connectivity index (χ0v) is 8.43. The molecule has 0 N–H and O–H groups in total. The van der Waals surface area contributed by atoms with E-state index < -0.39 is 5.00 Å². The van der Waals surface area contributed by atoms with Crippen molar-refractivity contribution in [1.82, 2.24) is 0 Å². The molecule has 0 saturated heterocycles. The van der Waals surface area contributed by atoms with Crippen LogP contribution in [0, 0.1) is 0 Å². The van der Waals surface area contributed by atoms with Crippen LogP contribution in [0.3, 0.4) is 0 Å². The second-order valence-electron chi connectivity index (χ2n) is 2.64. The minimum Gasteiger partial charge on any atom is -0.211 e. The maximum atomic E-state index is 10.1. The van der Waals surface area contributed by atoms with Crippen LogP contribution < -0.4 is 0 Å². The van der Waals surface area contributed by atoms with Crippen LogP contribution in [0.15, 0.2) is 29.3 Å². The lowest BCUT2D eigenvalue weighted by atomic mass is 10.1. The summed E-state index contributed by atoms with van der Waals surface area (Å²) in [5, 5.41) is 0.485. The predicted octanol–water partition coefficient (Wildman–Crippen LogP) is 3.09. The average molecular weight is 216 g/mol. The first kappa shape index (κ1) is 10.3. The van der Waals surface area contributed by atoms with Gasteiger partial charge >= 0.3 is 0 Å². The fourth-order valence-electron chi connectivity index (χ4n) is 0.977. The Morgan fingerprint density at radius 1 is 1.46 bits per heavy atom. The highest BCUT2D eigenvalue weighted by molar-refractivity contribution is 6.33. The molecule has 1 aromatic carbocycles. The number of hydrogen-bond donors (Lipinski definition) is 0. The quantitative estimate of drug-likeness (QED) is 0.323. The summed E-state index contributed by atoms with van der Waals surface area (Å²) in [4.78, 5) is 12.4. The molecule has 68 valence electrons. The summed E-state index contributed by atoms with van der Waals surface area (Å²) in [6.45, 7) is 1.58. The lowest BCUT2D eigenvalue weighted by Crippen LogP contribution is -2.10. The first-order chi connectivity index (χ1) is 6.08. The summed E-state index contributed by atoms with van der Waals surface area (Å²) in [6.07, 6.45) is 1.42. The Bertz CT molecular complexity index is 356. The van der Waals surface area contributed by atoms with Crippen LogP contribution in [0.5, 0.6) is 0 Å². The van der Waals surface area contributed by atoms with Crippen molar-refractivity contribution in [3.05, 3.63) is 34.9 Å². The van der Waals surface area contributed by atoms with E-state index in [1.165, 1.54) is 6.08 Å². The molecule has 1 aromatic rings. The molecule has 4 heteroatoms. The molecule has 13 heavy (non-hydrogen) atoms. The molecule has 1 rings (SSSR count). The van der Waals surface area contributed by atoms with Gasteiger partial charge in [0.2, 0.25) is 6.08 Å². The maximum Gasteiger partial charge on any atom is 0.237 e. The molecule has 0 aromatic heterocycles. The van der Waals surface area contributed by atoms with E-state index in [-0.39, 0.29) is 0 Å². The van der Waals surface area contributed by atoms with Gasteiger partial charge in [-0.3, -0.25) is 0 Å². The van der Waals surface area contributed by atoms with E-state index in [0.29, 0.717) is 10.6 Å². The number of carbonyl (C=O) groups excluding carboxylic acids is 1. The van der Waals surface area contributed by atoms with Crippen molar-refractivity contribution in [1.29, 1.82) is 0 Å². The van der Waals surface area contributed by atoms with Gasteiger partial charge in [-0.25, -0.2) is 4.79 Å². The summed E-state index contributed by atoms with van der Waals surface area (Å²) in [6, 6.07) is 6.97. The van der Waals surface area contributed by atoms with E-state index in [1.54, 1.807) is 31.2 Å². The molecular weight excluding hydrogens is 209 g/mol. The van der Waals surface area contributed by atoms with Crippen molar-refractivity contribution in [2.75, 3.05) is 0 Å². The molecular formula is C9H7Cl2NO. The van der Waals surface area contributed by atoms with Gasteiger partial charge in [0.15, 0.2) is 5.00 Å². The second kappa shape index (κ2) is 3.93. The second-order valence-corrected chi connectivity index (χ2v) is 3.78.